The summed E-state index contributed by atoms with van der Waals surface area (Å²) in [5.41, 5.74) is 6.21. The fraction of sp³-hybridized carbons (Fsp3) is 0.429. The maximum Gasteiger partial charge on any atom is 0.358 e. The normalized spacial score (nSPS) is 15.7. The Kier molecular flexibility index (Phi) is 2.25. The van der Waals surface area contributed by atoms with Crippen LogP contribution in [0.3, 0.4) is 0 Å². The van der Waals surface area contributed by atoms with Crippen LogP contribution in [0.1, 0.15) is 13.3 Å². The number of aliphatic imine (C=N–C) groups is 1. The number of nitrogens with two attached hydrogens (primary N) is 1. The number of ether oxygens (including phenoxy) is 1. The molecule has 1 aliphatic heterocycles. The highest BCUT2D eigenvalue weighted by molar-refractivity contribution is 5.93. The molecular weight excluding hydrogens is 144 g/mol. The van der Waals surface area contributed by atoms with Crippen LogP contribution in [0.25, 0.3) is 0 Å². The summed E-state index contributed by atoms with van der Waals surface area (Å²) in [7, 11) is 0. The molecule has 1 aliphatic rings. The van der Waals surface area contributed by atoms with Crippen LogP contribution in [0.4, 0.5) is 0 Å². The zero-order chi connectivity index (χ0) is 8.27. The highest BCUT2D eigenvalue weighted by Crippen LogP contribution is 2.11. The van der Waals surface area contributed by atoms with Gasteiger partial charge in [-0.1, -0.05) is 0 Å². The van der Waals surface area contributed by atoms with Crippen molar-refractivity contribution < 1.29 is 9.53 Å². The van der Waals surface area contributed by atoms with Gasteiger partial charge in [0.15, 0.2) is 5.70 Å². The zero-order valence-electron chi connectivity index (χ0n) is 6.33. The van der Waals surface area contributed by atoms with E-state index >= 15 is 0 Å². The smallest absolute Gasteiger partial charge is 0.358 e. The summed E-state index contributed by atoms with van der Waals surface area (Å²) in [6.07, 6.45) is 2.15. The molecule has 1 rings (SSSR count). The van der Waals surface area contributed by atoms with Gasteiger partial charge in [0.25, 0.3) is 0 Å². The average Bonchev–Trinajstić information content (AvgIpc) is 2.36. The lowest BCUT2D eigenvalue weighted by Gasteiger charge is -1.99. The maximum absolute atomic E-state index is 11.0. The first-order valence-corrected chi connectivity index (χ1v) is 3.44. The van der Waals surface area contributed by atoms with Crippen molar-refractivity contribution in [2.24, 2.45) is 10.7 Å². The van der Waals surface area contributed by atoms with Gasteiger partial charge in [-0.25, -0.2) is 4.79 Å². The van der Waals surface area contributed by atoms with Crippen molar-refractivity contribution in [3.05, 3.63) is 11.4 Å². The van der Waals surface area contributed by atoms with Crippen LogP contribution in [-0.4, -0.2) is 18.8 Å². The Morgan fingerprint density at radius 1 is 1.91 bits per heavy atom. The molecule has 0 aromatic carbocycles. The average molecular weight is 154 g/mol. The highest BCUT2D eigenvalue weighted by Gasteiger charge is 2.16. The van der Waals surface area contributed by atoms with Gasteiger partial charge in [-0.2, -0.15) is 0 Å². The van der Waals surface area contributed by atoms with Gasteiger partial charge in [0.1, 0.15) is 0 Å². The van der Waals surface area contributed by atoms with Crippen molar-refractivity contribution in [3.8, 4) is 0 Å². The Bertz CT molecular complexity index is 231. The monoisotopic (exact) mass is 154 g/mol. The molecule has 0 aliphatic carbocycles. The molecule has 4 heteroatoms. The van der Waals surface area contributed by atoms with E-state index in [2.05, 4.69) is 4.99 Å². The predicted molar refractivity (Wildman–Crippen MR) is 41.0 cm³/mol. The summed E-state index contributed by atoms with van der Waals surface area (Å²) in [5.74, 6) is -0.432. The lowest BCUT2D eigenvalue weighted by Crippen LogP contribution is -2.09. The number of rotatable bonds is 2. The molecule has 0 saturated heterocycles. The van der Waals surface area contributed by atoms with Crippen LogP contribution >= 0.6 is 0 Å². The molecule has 0 spiro atoms. The van der Waals surface area contributed by atoms with E-state index < -0.39 is 5.97 Å². The molecule has 0 radical (unpaired) electrons. The van der Waals surface area contributed by atoms with Crippen LogP contribution in [0.15, 0.2) is 16.4 Å². The zero-order valence-corrected chi connectivity index (χ0v) is 6.33. The fourth-order valence-corrected chi connectivity index (χ4v) is 0.798. The van der Waals surface area contributed by atoms with Gasteiger partial charge < -0.3 is 10.5 Å². The summed E-state index contributed by atoms with van der Waals surface area (Å²) >= 11 is 0. The summed E-state index contributed by atoms with van der Waals surface area (Å²) in [4.78, 5) is 14.8. The second-order valence-electron chi connectivity index (χ2n) is 2.11. The van der Waals surface area contributed by atoms with E-state index in [9.17, 15) is 4.79 Å². The number of carbonyl (C=O) groups excluding carboxylic acids is 1. The van der Waals surface area contributed by atoms with E-state index in [1.54, 1.807) is 13.1 Å². The predicted octanol–water partition coefficient (Wildman–Crippen LogP) is 0.194. The van der Waals surface area contributed by atoms with E-state index in [0.717, 1.165) is 0 Å². The number of hydrogen-bond acceptors (Lipinski definition) is 4. The lowest BCUT2D eigenvalue weighted by molar-refractivity contribution is -0.138. The molecule has 1 heterocycles. The summed E-state index contributed by atoms with van der Waals surface area (Å²) < 4.78 is 4.71. The van der Waals surface area contributed by atoms with Crippen molar-refractivity contribution in [2.45, 2.75) is 13.3 Å². The summed E-state index contributed by atoms with van der Waals surface area (Å²) in [6.45, 7) is 2.10. The van der Waals surface area contributed by atoms with E-state index in [1.165, 1.54) is 0 Å². The second-order valence-corrected chi connectivity index (χ2v) is 2.11. The van der Waals surface area contributed by atoms with E-state index in [1.807, 2.05) is 0 Å². The molecule has 0 fully saturated rings. The topological polar surface area (TPSA) is 64.7 Å². The van der Waals surface area contributed by atoms with Gasteiger partial charge >= 0.3 is 5.97 Å². The largest absolute Gasteiger partial charge is 0.461 e. The van der Waals surface area contributed by atoms with Crippen molar-refractivity contribution in [3.63, 3.8) is 0 Å². The first-order chi connectivity index (χ1) is 5.25. The Labute approximate surface area is 64.7 Å². The molecule has 0 aromatic heterocycles. The molecule has 2 N–H and O–H groups in total. The molecule has 11 heavy (non-hydrogen) atoms. The van der Waals surface area contributed by atoms with Crippen molar-refractivity contribution >= 4 is 12.2 Å². The SMILES string of the molecule is CCOC(=O)C1=C(N)CC=N1. The van der Waals surface area contributed by atoms with Gasteiger partial charge in [-0.05, 0) is 6.92 Å². The molecule has 0 atom stereocenters. The Balaban J connectivity index is 2.66. The van der Waals surface area contributed by atoms with Crippen molar-refractivity contribution in [1.82, 2.24) is 0 Å². The minimum atomic E-state index is -0.432. The molecule has 0 bridgehead atoms. The minimum Gasteiger partial charge on any atom is -0.461 e. The molecule has 4 nitrogen and oxygen atoms in total. The highest BCUT2D eigenvalue weighted by atomic mass is 16.5. The first kappa shape index (κ1) is 7.78. The third-order valence-corrected chi connectivity index (χ3v) is 1.30. The van der Waals surface area contributed by atoms with Gasteiger partial charge in [0.2, 0.25) is 0 Å². The van der Waals surface area contributed by atoms with Crippen LogP contribution in [0.2, 0.25) is 0 Å². The third-order valence-electron chi connectivity index (χ3n) is 1.30. The van der Waals surface area contributed by atoms with Crippen LogP contribution < -0.4 is 5.73 Å². The van der Waals surface area contributed by atoms with Crippen LogP contribution in [-0.2, 0) is 9.53 Å². The third kappa shape index (κ3) is 1.58. The van der Waals surface area contributed by atoms with Gasteiger partial charge in [-0.3, -0.25) is 4.99 Å². The number of hydrogen-bond donors (Lipinski definition) is 1. The number of esters is 1. The second kappa shape index (κ2) is 3.18. The van der Waals surface area contributed by atoms with Gasteiger partial charge in [0.05, 0.1) is 6.61 Å². The molecule has 0 amide bonds. The number of carbonyl (C=O) groups is 1. The van der Waals surface area contributed by atoms with Gasteiger partial charge in [0, 0.05) is 18.3 Å². The molecule has 0 aromatic rings. The van der Waals surface area contributed by atoms with E-state index in [0.29, 0.717) is 18.7 Å². The molecular formula is C7H10N2O2. The van der Waals surface area contributed by atoms with Crippen LogP contribution in [0.5, 0.6) is 0 Å². The van der Waals surface area contributed by atoms with Gasteiger partial charge in [-0.15, -0.1) is 0 Å². The fourth-order valence-electron chi connectivity index (χ4n) is 0.798. The Morgan fingerprint density at radius 3 is 3.09 bits per heavy atom. The quantitative estimate of drug-likeness (QED) is 0.577. The molecule has 60 valence electrons. The molecule has 0 unspecified atom stereocenters. The minimum absolute atomic E-state index is 0.256. The van der Waals surface area contributed by atoms with E-state index in [-0.39, 0.29) is 5.70 Å². The Morgan fingerprint density at radius 2 is 2.64 bits per heavy atom. The van der Waals surface area contributed by atoms with Crippen molar-refractivity contribution in [1.29, 1.82) is 0 Å². The first-order valence-electron chi connectivity index (χ1n) is 3.44. The maximum atomic E-state index is 11.0. The Hall–Kier alpha value is -1.32. The van der Waals surface area contributed by atoms with Crippen LogP contribution in [0, 0.1) is 0 Å². The number of nitrogens with zero attached hydrogens (tertiary/aromatic N) is 1. The lowest BCUT2D eigenvalue weighted by atomic mass is 10.3. The summed E-state index contributed by atoms with van der Waals surface area (Å²) in [6, 6.07) is 0. The van der Waals surface area contributed by atoms with E-state index in [4.69, 9.17) is 10.5 Å². The molecule has 0 saturated carbocycles. The standard InChI is InChI=1S/C7H10N2O2/c1-2-11-7(10)6-5(8)3-4-9-6/h4H,2-3,8H2,1H3. The van der Waals surface area contributed by atoms with Crippen molar-refractivity contribution in [2.75, 3.05) is 6.61 Å². The summed E-state index contributed by atoms with van der Waals surface area (Å²) in [5, 5.41) is 0. The number of allylic oxidation sites excluding steroid dienone is 1.